The second-order valence-corrected chi connectivity index (χ2v) is 4.25. The fraction of sp³-hybridized carbons (Fsp3) is 0.538. The van der Waals surface area contributed by atoms with E-state index >= 15 is 0 Å². The van der Waals surface area contributed by atoms with Crippen molar-refractivity contribution in [3.8, 4) is 0 Å². The Bertz CT molecular complexity index is 364. The number of aliphatic hydroxyl groups excluding tert-OH is 1. The molecule has 0 aliphatic carbocycles. The lowest BCUT2D eigenvalue weighted by Gasteiger charge is -2.01. The highest BCUT2D eigenvalue weighted by Crippen LogP contribution is 2.18. The fourth-order valence-electron chi connectivity index (χ4n) is 1.57. The van der Waals surface area contributed by atoms with Gasteiger partial charge in [-0.05, 0) is 33.1 Å². The number of allylic oxidation sites excluding steroid dienone is 1. The van der Waals surface area contributed by atoms with Crippen LogP contribution >= 0.6 is 0 Å². The van der Waals surface area contributed by atoms with E-state index in [2.05, 4.69) is 4.74 Å². The van der Waals surface area contributed by atoms with Gasteiger partial charge in [-0.2, -0.15) is 0 Å². The van der Waals surface area contributed by atoms with Crippen molar-refractivity contribution in [1.82, 2.24) is 0 Å². The lowest BCUT2D eigenvalue weighted by atomic mass is 10.1. The summed E-state index contributed by atoms with van der Waals surface area (Å²) in [4.78, 5) is 22.3. The number of esters is 2. The minimum Gasteiger partial charge on any atom is -0.393 e. The Morgan fingerprint density at radius 3 is 2.53 bits per heavy atom. The predicted octanol–water partition coefficient (Wildman–Crippen LogP) is 1.88. The van der Waals surface area contributed by atoms with Crippen LogP contribution in [0.25, 0.3) is 0 Å². The molecule has 1 aliphatic heterocycles. The molecule has 4 nitrogen and oxygen atoms in total. The molecule has 17 heavy (non-hydrogen) atoms. The first-order valence-corrected chi connectivity index (χ1v) is 5.84. The molecular weight excluding hydrogens is 220 g/mol. The second-order valence-electron chi connectivity index (χ2n) is 4.25. The highest BCUT2D eigenvalue weighted by Gasteiger charge is 2.27. The van der Waals surface area contributed by atoms with Crippen LogP contribution in [-0.4, -0.2) is 23.1 Å². The molecular formula is C13H18O4. The van der Waals surface area contributed by atoms with Gasteiger partial charge in [0.25, 0.3) is 0 Å². The number of carbonyl (C=O) groups excluding carboxylic acids is 2. The number of hydrogen-bond acceptors (Lipinski definition) is 4. The summed E-state index contributed by atoms with van der Waals surface area (Å²) in [6.07, 6.45) is 6.76. The standard InChI is InChI=1S/C13H18O4/c1-9(14)7-5-3-4-6-8-11-10(2)12(15)17-13(11)16/h6,8-9,14H,3-5,7H2,1-2H3. The highest BCUT2D eigenvalue weighted by molar-refractivity contribution is 6.13. The monoisotopic (exact) mass is 238 g/mol. The molecule has 0 spiro atoms. The molecule has 1 N–H and O–H groups in total. The molecule has 0 bridgehead atoms. The summed E-state index contributed by atoms with van der Waals surface area (Å²) in [7, 11) is 0. The van der Waals surface area contributed by atoms with Crippen LogP contribution in [0, 0.1) is 0 Å². The Kier molecular flexibility index (Phi) is 5.10. The number of carbonyl (C=O) groups is 2. The van der Waals surface area contributed by atoms with Crippen LogP contribution in [0.3, 0.4) is 0 Å². The van der Waals surface area contributed by atoms with E-state index in [0.717, 1.165) is 25.7 Å². The van der Waals surface area contributed by atoms with Crippen molar-refractivity contribution in [1.29, 1.82) is 0 Å². The number of ether oxygens (including phenoxy) is 1. The summed E-state index contributed by atoms with van der Waals surface area (Å²) in [5.41, 5.74) is 0.723. The van der Waals surface area contributed by atoms with E-state index in [1.54, 1.807) is 19.9 Å². The molecule has 0 fully saturated rings. The molecule has 1 atom stereocenters. The largest absolute Gasteiger partial charge is 0.393 e. The van der Waals surface area contributed by atoms with Gasteiger partial charge in [0.15, 0.2) is 0 Å². The zero-order chi connectivity index (χ0) is 12.8. The summed E-state index contributed by atoms with van der Waals surface area (Å²) < 4.78 is 4.46. The molecule has 4 heteroatoms. The molecule has 1 heterocycles. The van der Waals surface area contributed by atoms with Gasteiger partial charge in [0.2, 0.25) is 0 Å². The van der Waals surface area contributed by atoms with E-state index in [4.69, 9.17) is 5.11 Å². The zero-order valence-corrected chi connectivity index (χ0v) is 10.2. The third-order valence-electron chi connectivity index (χ3n) is 2.64. The molecule has 0 amide bonds. The minimum atomic E-state index is -0.562. The van der Waals surface area contributed by atoms with Crippen LogP contribution in [-0.2, 0) is 14.3 Å². The third-order valence-corrected chi connectivity index (χ3v) is 2.64. The first-order chi connectivity index (χ1) is 8.02. The fourth-order valence-corrected chi connectivity index (χ4v) is 1.57. The van der Waals surface area contributed by atoms with Gasteiger partial charge in [-0.25, -0.2) is 9.59 Å². The topological polar surface area (TPSA) is 63.6 Å². The van der Waals surface area contributed by atoms with Gasteiger partial charge in [0, 0.05) is 5.57 Å². The molecule has 1 rings (SSSR count). The SMILES string of the molecule is CC1=C(C=CCCCCC(C)O)C(=O)OC1=O. The third kappa shape index (κ3) is 4.15. The van der Waals surface area contributed by atoms with E-state index in [9.17, 15) is 9.59 Å². The van der Waals surface area contributed by atoms with Crippen molar-refractivity contribution in [2.45, 2.75) is 45.6 Å². The summed E-state index contributed by atoms with van der Waals surface area (Å²) in [5, 5.41) is 9.06. The van der Waals surface area contributed by atoms with Crippen LogP contribution < -0.4 is 0 Å². The first-order valence-electron chi connectivity index (χ1n) is 5.84. The van der Waals surface area contributed by atoms with E-state index in [0.29, 0.717) is 11.1 Å². The van der Waals surface area contributed by atoms with Crippen molar-refractivity contribution in [3.05, 3.63) is 23.3 Å². The number of hydrogen-bond donors (Lipinski definition) is 1. The van der Waals surface area contributed by atoms with Crippen molar-refractivity contribution in [2.24, 2.45) is 0 Å². The maximum absolute atomic E-state index is 11.2. The quantitative estimate of drug-likeness (QED) is 0.436. The zero-order valence-electron chi connectivity index (χ0n) is 10.2. The van der Waals surface area contributed by atoms with Crippen molar-refractivity contribution in [2.75, 3.05) is 0 Å². The maximum atomic E-state index is 11.2. The molecule has 0 saturated heterocycles. The van der Waals surface area contributed by atoms with Crippen LogP contribution in [0.1, 0.15) is 39.5 Å². The molecule has 94 valence electrons. The predicted molar refractivity (Wildman–Crippen MR) is 63.1 cm³/mol. The lowest BCUT2D eigenvalue weighted by Crippen LogP contribution is -2.01. The van der Waals surface area contributed by atoms with Crippen molar-refractivity contribution in [3.63, 3.8) is 0 Å². The molecule has 1 unspecified atom stereocenters. The Balaban J connectivity index is 2.34. The van der Waals surface area contributed by atoms with Crippen LogP contribution in [0.5, 0.6) is 0 Å². The van der Waals surface area contributed by atoms with Gasteiger partial charge in [0.1, 0.15) is 0 Å². The summed E-state index contributed by atoms with van der Waals surface area (Å²) in [5.74, 6) is -1.11. The molecule has 1 aliphatic rings. The Morgan fingerprint density at radius 2 is 2.00 bits per heavy atom. The Labute approximate surface area is 101 Å². The average Bonchev–Trinajstić information content (AvgIpc) is 2.48. The number of rotatable bonds is 6. The summed E-state index contributed by atoms with van der Waals surface area (Å²) >= 11 is 0. The second kappa shape index (κ2) is 6.35. The van der Waals surface area contributed by atoms with Crippen LogP contribution in [0.2, 0.25) is 0 Å². The van der Waals surface area contributed by atoms with Crippen molar-refractivity contribution < 1.29 is 19.4 Å². The lowest BCUT2D eigenvalue weighted by molar-refractivity contribution is -0.150. The Hall–Kier alpha value is -1.42. The van der Waals surface area contributed by atoms with E-state index in [-0.39, 0.29) is 6.10 Å². The van der Waals surface area contributed by atoms with E-state index in [1.165, 1.54) is 0 Å². The van der Waals surface area contributed by atoms with Gasteiger partial charge in [0.05, 0.1) is 11.7 Å². The maximum Gasteiger partial charge on any atom is 0.346 e. The average molecular weight is 238 g/mol. The number of aliphatic hydroxyl groups is 1. The van der Waals surface area contributed by atoms with Gasteiger partial charge in [-0.15, -0.1) is 0 Å². The highest BCUT2D eigenvalue weighted by atomic mass is 16.6. The molecule has 0 saturated carbocycles. The summed E-state index contributed by atoms with van der Waals surface area (Å²) in [6, 6.07) is 0. The Morgan fingerprint density at radius 1 is 1.29 bits per heavy atom. The first kappa shape index (κ1) is 13.6. The number of cyclic esters (lactones) is 2. The van der Waals surface area contributed by atoms with Gasteiger partial charge in [-0.1, -0.05) is 18.6 Å². The summed E-state index contributed by atoms with van der Waals surface area (Å²) in [6.45, 7) is 3.35. The van der Waals surface area contributed by atoms with Crippen LogP contribution in [0.4, 0.5) is 0 Å². The van der Waals surface area contributed by atoms with Gasteiger partial charge < -0.3 is 9.84 Å². The smallest absolute Gasteiger partial charge is 0.346 e. The van der Waals surface area contributed by atoms with Crippen molar-refractivity contribution >= 4 is 11.9 Å². The minimum absolute atomic E-state index is 0.258. The van der Waals surface area contributed by atoms with E-state index in [1.807, 2.05) is 6.08 Å². The molecule has 0 aromatic rings. The van der Waals surface area contributed by atoms with Crippen LogP contribution in [0.15, 0.2) is 23.3 Å². The molecule has 0 aromatic carbocycles. The molecule has 0 aromatic heterocycles. The van der Waals surface area contributed by atoms with Gasteiger partial charge in [-0.3, -0.25) is 0 Å². The van der Waals surface area contributed by atoms with Gasteiger partial charge >= 0.3 is 11.9 Å². The number of unbranched alkanes of at least 4 members (excludes halogenated alkanes) is 2. The van der Waals surface area contributed by atoms with E-state index < -0.39 is 11.9 Å². The molecule has 0 radical (unpaired) electrons. The normalized spacial score (nSPS) is 18.1.